The fourth-order valence-corrected chi connectivity index (χ4v) is 13.9. The third kappa shape index (κ3) is 13.6. The van der Waals surface area contributed by atoms with Crippen LogP contribution in [0.3, 0.4) is 0 Å². The van der Waals surface area contributed by atoms with Gasteiger partial charge in [0, 0.05) is 60.8 Å². The molecule has 440 valence electrons. The molecule has 0 spiro atoms. The highest BCUT2D eigenvalue weighted by Gasteiger charge is 2.73. The summed E-state index contributed by atoms with van der Waals surface area (Å²) in [7, 11) is 0.396. The van der Waals surface area contributed by atoms with Crippen molar-refractivity contribution in [2.24, 2.45) is 34.5 Å². The maximum absolute atomic E-state index is 14.4. The van der Waals surface area contributed by atoms with Crippen LogP contribution in [0.5, 0.6) is 0 Å². The minimum atomic E-state index is -3.53. The van der Waals surface area contributed by atoms with Crippen molar-refractivity contribution in [3.8, 4) is 11.3 Å². The van der Waals surface area contributed by atoms with Gasteiger partial charge in [-0.3, -0.25) is 23.9 Å². The predicted molar refractivity (Wildman–Crippen MR) is 297 cm³/mol. The number of benzene rings is 1. The number of hydrogen-bond donors (Lipinski definition) is 5. The van der Waals surface area contributed by atoms with E-state index in [0.29, 0.717) is 105 Å². The Bertz CT molecular complexity index is 3040. The molecule has 0 bridgehead atoms. The summed E-state index contributed by atoms with van der Waals surface area (Å²) in [4.78, 5) is 89.9. The maximum atomic E-state index is 14.4. The van der Waals surface area contributed by atoms with Gasteiger partial charge >= 0.3 is 11.8 Å². The molecule has 23 heteroatoms. The second kappa shape index (κ2) is 25.4. The largest absolute Gasteiger partial charge is 0.508 e. The molecule has 4 aliphatic carbocycles. The summed E-state index contributed by atoms with van der Waals surface area (Å²) in [5.74, 6) is -3.01. The second-order valence-electron chi connectivity index (χ2n) is 23.9. The van der Waals surface area contributed by atoms with Crippen LogP contribution < -0.4 is 21.6 Å². The van der Waals surface area contributed by atoms with Crippen LogP contribution in [0, 0.1) is 34.5 Å². The standard InChI is InChI=1S/C58H79N9O13S/c1-35(2)49(63-46(68)14-9-8-11-28-67-32-45(64-65-67)38-30-59-54(60-31-38)81(7,76)77)53(73)62-44(13-10-12-27-66(5)6)52(72)61-40-19-15-36(16-20-40)33-79-55(74)80-41-23-25-56(3)39(29-41)18-21-43-48(56)50(70)51(71)57(4)42(24-26-58(43,57)75)37-17-22-47(69)78-34-37/h15-17,19-20,22,30-32,34-35,39,41-44,48-50,70,75H,8-14,18,21,23-29,33H2,1-7H3,(H,61,72)(H,62,73)(H,63,68)/t39-,41+,42-,43-,44+,48-,49+,50+,56+,57+,58+/m1/s1. The molecule has 22 nitrogen and oxygen atoms in total. The van der Waals surface area contributed by atoms with Gasteiger partial charge < -0.3 is 45.0 Å². The lowest BCUT2D eigenvalue weighted by atomic mass is 9.42. The molecule has 3 aromatic heterocycles. The SMILES string of the molecule is CC(C)[C@H](NC(=O)CCCCCn1cc(-c2cnc(S(C)(=O)=O)nc2)nn1)C(=O)N[C@@H](CCCCN(C)C)C(=O)Nc1ccc(COC(=O)O[C@H]2CC[C@@]3(C)[C@H](CC[C@@H]4[C@@H]3[C@H](O)C(=O)[C@]3(C)[C@@H](c5ccc(=O)oc5)CC[C@]43O)C2)cc1. The number of hydrogen-bond acceptors (Lipinski definition) is 18. The van der Waals surface area contributed by atoms with Crippen molar-refractivity contribution in [1.29, 1.82) is 0 Å². The van der Waals surface area contributed by atoms with E-state index >= 15 is 0 Å². The minimum Gasteiger partial charge on any atom is -0.431 e. The third-order valence-electron chi connectivity index (χ3n) is 17.9. The first-order valence-electron chi connectivity index (χ1n) is 28.3. The molecule has 4 aromatic rings. The Hall–Kier alpha value is -6.43. The number of aliphatic hydroxyl groups excluding tert-OH is 1. The molecular formula is C58H79N9O13S. The molecule has 81 heavy (non-hydrogen) atoms. The lowest BCUT2D eigenvalue weighted by Crippen LogP contribution is -2.70. The molecule has 11 atom stereocenters. The van der Waals surface area contributed by atoms with Gasteiger partial charge in [0.1, 0.15) is 36.6 Å². The quantitative estimate of drug-likeness (QED) is 0.0335. The van der Waals surface area contributed by atoms with Gasteiger partial charge in [0.05, 0.1) is 23.5 Å². The summed E-state index contributed by atoms with van der Waals surface area (Å²) in [5, 5.41) is 41.2. The average Bonchev–Trinajstić information content (AvgIpc) is 2.27. The molecule has 8 rings (SSSR count). The number of carbonyl (C=O) groups is 5. The molecule has 0 saturated heterocycles. The molecule has 4 saturated carbocycles. The van der Waals surface area contributed by atoms with E-state index in [1.165, 1.54) is 24.7 Å². The highest BCUT2D eigenvalue weighted by Crippen LogP contribution is 2.69. The van der Waals surface area contributed by atoms with E-state index in [-0.39, 0.29) is 47.6 Å². The zero-order chi connectivity index (χ0) is 58.4. The van der Waals surface area contributed by atoms with Crippen molar-refractivity contribution in [3.63, 3.8) is 0 Å². The summed E-state index contributed by atoms with van der Waals surface area (Å²) in [5.41, 5.74) is -0.809. The molecule has 5 N–H and O–H groups in total. The van der Waals surface area contributed by atoms with Crippen molar-refractivity contribution in [1.82, 2.24) is 40.5 Å². The van der Waals surface area contributed by atoms with Crippen LogP contribution >= 0.6 is 0 Å². The number of rotatable bonds is 23. The monoisotopic (exact) mass is 1140 g/mol. The lowest BCUT2D eigenvalue weighted by Gasteiger charge is -2.64. The molecule has 0 unspecified atom stereocenters. The van der Waals surface area contributed by atoms with E-state index in [1.807, 2.05) is 32.8 Å². The van der Waals surface area contributed by atoms with Crippen molar-refractivity contribution >= 4 is 45.2 Å². The average molecular weight is 1140 g/mol. The second-order valence-corrected chi connectivity index (χ2v) is 25.8. The van der Waals surface area contributed by atoms with E-state index in [0.717, 1.165) is 25.6 Å². The van der Waals surface area contributed by atoms with Gasteiger partial charge in [0.15, 0.2) is 5.78 Å². The van der Waals surface area contributed by atoms with E-state index in [1.54, 1.807) is 48.1 Å². The number of Topliss-reactive ketones (excluding diaryl/α,β-unsaturated/α-hetero) is 1. The smallest absolute Gasteiger partial charge is 0.431 e. The number of sulfone groups is 1. The Morgan fingerprint density at radius 2 is 1.65 bits per heavy atom. The van der Waals surface area contributed by atoms with Crippen LogP contribution in [0.4, 0.5) is 10.5 Å². The number of aliphatic hydroxyl groups is 2. The highest BCUT2D eigenvalue weighted by molar-refractivity contribution is 7.90. The summed E-state index contributed by atoms with van der Waals surface area (Å²) in [6, 6.07) is 7.98. The van der Waals surface area contributed by atoms with E-state index in [2.05, 4.69) is 43.2 Å². The van der Waals surface area contributed by atoms with Gasteiger partial charge in [0.25, 0.3) is 0 Å². The molecule has 0 radical (unpaired) electrons. The molecule has 3 heterocycles. The normalized spacial score (nSPS) is 26.9. The first-order valence-corrected chi connectivity index (χ1v) is 30.2. The number of anilines is 1. The first kappa shape index (κ1) is 60.7. The Kier molecular flexibility index (Phi) is 19.0. The number of aryl methyl sites for hydroxylation is 1. The van der Waals surface area contributed by atoms with Crippen molar-refractivity contribution in [2.45, 2.75) is 172 Å². The van der Waals surface area contributed by atoms with Crippen LogP contribution in [0.2, 0.25) is 0 Å². The van der Waals surface area contributed by atoms with Gasteiger partial charge in [0.2, 0.25) is 32.7 Å². The van der Waals surface area contributed by atoms with Crippen LogP contribution in [-0.4, -0.2) is 135 Å². The van der Waals surface area contributed by atoms with Gasteiger partial charge in [-0.15, -0.1) is 5.10 Å². The number of amides is 3. The number of nitrogens with zero attached hydrogens (tertiary/aromatic N) is 6. The van der Waals surface area contributed by atoms with Crippen molar-refractivity contribution in [3.05, 3.63) is 82.8 Å². The number of fused-ring (bicyclic) bond motifs is 5. The third-order valence-corrected chi connectivity index (χ3v) is 18.8. The number of ketones is 1. The fourth-order valence-electron chi connectivity index (χ4n) is 13.4. The first-order chi connectivity index (χ1) is 38.4. The molecule has 4 fully saturated rings. The zero-order valence-corrected chi connectivity index (χ0v) is 48.3. The number of nitrogens with one attached hydrogen (secondary N) is 3. The molecule has 4 aliphatic rings. The number of unbranched alkanes of at least 4 members (excludes halogenated alkanes) is 3. The predicted octanol–water partition coefficient (Wildman–Crippen LogP) is 5.76. The van der Waals surface area contributed by atoms with Gasteiger partial charge in [-0.2, -0.15) is 0 Å². The number of aromatic nitrogens is 5. The van der Waals surface area contributed by atoms with Crippen LogP contribution in [0.25, 0.3) is 11.3 Å². The van der Waals surface area contributed by atoms with Crippen LogP contribution in [0.1, 0.15) is 135 Å². The summed E-state index contributed by atoms with van der Waals surface area (Å²) in [6.45, 7) is 8.76. The topological polar surface area (TPSA) is 304 Å². The maximum Gasteiger partial charge on any atom is 0.508 e. The van der Waals surface area contributed by atoms with Gasteiger partial charge in [-0.1, -0.05) is 44.5 Å². The van der Waals surface area contributed by atoms with Crippen LogP contribution in [-0.2, 0) is 51.6 Å². The van der Waals surface area contributed by atoms with Gasteiger partial charge in [-0.25, -0.2) is 28.0 Å². The highest BCUT2D eigenvalue weighted by atomic mass is 32.2. The van der Waals surface area contributed by atoms with Crippen molar-refractivity contribution in [2.75, 3.05) is 32.2 Å². The zero-order valence-electron chi connectivity index (χ0n) is 47.5. The van der Waals surface area contributed by atoms with E-state index in [4.69, 9.17) is 13.9 Å². The molecule has 3 amide bonds. The summed E-state index contributed by atoms with van der Waals surface area (Å²) in [6.07, 6.45) is 12.1. The molecular weight excluding hydrogens is 1060 g/mol. The van der Waals surface area contributed by atoms with Crippen molar-refractivity contribution < 1.29 is 56.5 Å². The Morgan fingerprint density at radius 1 is 0.914 bits per heavy atom. The number of ether oxygens (including phenoxy) is 2. The molecule has 0 aliphatic heterocycles. The van der Waals surface area contributed by atoms with E-state index < -0.39 is 86.0 Å². The Balaban J connectivity index is 0.783. The Morgan fingerprint density at radius 3 is 2.33 bits per heavy atom. The molecule has 1 aromatic carbocycles. The fraction of sp³-hybridized carbons (Fsp3) is 0.621. The lowest BCUT2D eigenvalue weighted by molar-refractivity contribution is -0.228. The summed E-state index contributed by atoms with van der Waals surface area (Å²) >= 11 is 0. The van der Waals surface area contributed by atoms with Crippen LogP contribution in [0.15, 0.2) is 75.6 Å². The Labute approximate surface area is 472 Å². The minimum absolute atomic E-state index is 0.0259. The number of carbonyl (C=O) groups excluding carboxylic acids is 5. The van der Waals surface area contributed by atoms with E-state index in [9.17, 15) is 47.4 Å². The summed E-state index contributed by atoms with van der Waals surface area (Å²) < 4.78 is 41.6. The van der Waals surface area contributed by atoms with Gasteiger partial charge in [-0.05, 0) is 157 Å².